The molecule has 3 aliphatic rings. The SMILES string of the molecule is COc1cc(Nc2c(C#N)cnc3cc(OCCCN4CCN(C(=O)CCCCCCC(=O)Nc5cccc6c5CN(C5CCC(=O)NC5=O)C6=O)CC4)c(OC)cc23)c(Cl)cc1Cl. The molecule has 7 rings (SSSR count). The lowest BCUT2D eigenvalue weighted by Crippen LogP contribution is -2.52. The average molecular weight is 914 g/mol. The van der Waals surface area contributed by atoms with Crippen LogP contribution in [0.2, 0.25) is 10.0 Å². The van der Waals surface area contributed by atoms with Gasteiger partial charge in [0, 0.05) is 99.1 Å². The van der Waals surface area contributed by atoms with E-state index >= 15 is 0 Å². The molecule has 2 saturated heterocycles. The normalized spacial score (nSPS) is 16.3. The summed E-state index contributed by atoms with van der Waals surface area (Å²) in [4.78, 5) is 73.2. The zero-order valence-corrected chi connectivity index (χ0v) is 37.3. The van der Waals surface area contributed by atoms with Crippen molar-refractivity contribution in [2.75, 3.05) is 64.2 Å². The van der Waals surface area contributed by atoms with Gasteiger partial charge in [0.2, 0.25) is 23.6 Å². The Morgan fingerprint density at radius 1 is 0.906 bits per heavy atom. The molecule has 0 spiro atoms. The molecule has 64 heavy (non-hydrogen) atoms. The number of aromatic nitrogens is 1. The van der Waals surface area contributed by atoms with Crippen LogP contribution in [0.25, 0.3) is 10.9 Å². The second-order valence-electron chi connectivity index (χ2n) is 15.9. The van der Waals surface area contributed by atoms with Crippen LogP contribution in [-0.4, -0.2) is 109 Å². The highest BCUT2D eigenvalue weighted by Gasteiger charge is 2.40. The number of nitrogens with zero attached hydrogens (tertiary/aromatic N) is 5. The lowest BCUT2D eigenvalue weighted by Gasteiger charge is -2.34. The highest BCUT2D eigenvalue weighted by atomic mass is 35.5. The molecule has 0 saturated carbocycles. The van der Waals surface area contributed by atoms with Crippen molar-refractivity contribution in [2.24, 2.45) is 0 Å². The number of rotatable bonds is 18. The molecule has 1 unspecified atom stereocenters. The van der Waals surface area contributed by atoms with E-state index in [0.29, 0.717) is 111 Å². The Morgan fingerprint density at radius 2 is 1.67 bits per heavy atom. The lowest BCUT2D eigenvalue weighted by atomic mass is 10.0. The van der Waals surface area contributed by atoms with Crippen LogP contribution in [0.15, 0.2) is 48.7 Å². The summed E-state index contributed by atoms with van der Waals surface area (Å²) >= 11 is 12.7. The first-order valence-corrected chi connectivity index (χ1v) is 22.1. The van der Waals surface area contributed by atoms with Gasteiger partial charge in [0.25, 0.3) is 5.91 Å². The third kappa shape index (κ3) is 10.6. The highest BCUT2D eigenvalue weighted by molar-refractivity contribution is 6.37. The zero-order valence-electron chi connectivity index (χ0n) is 35.8. The van der Waals surface area contributed by atoms with Gasteiger partial charge in [-0.3, -0.25) is 39.2 Å². The van der Waals surface area contributed by atoms with Crippen molar-refractivity contribution in [3.05, 3.63) is 75.4 Å². The van der Waals surface area contributed by atoms with Gasteiger partial charge in [0.05, 0.1) is 53.3 Å². The van der Waals surface area contributed by atoms with E-state index in [2.05, 4.69) is 31.9 Å². The van der Waals surface area contributed by atoms with E-state index in [-0.39, 0.29) is 43.0 Å². The number of imide groups is 1. The molecular weight excluding hydrogens is 863 g/mol. The summed E-state index contributed by atoms with van der Waals surface area (Å²) in [7, 11) is 3.06. The van der Waals surface area contributed by atoms with E-state index in [1.165, 1.54) is 18.2 Å². The Hall–Kier alpha value is -6.15. The molecule has 16 nitrogen and oxygen atoms in total. The van der Waals surface area contributed by atoms with Crippen molar-refractivity contribution in [3.8, 4) is 23.3 Å². The standard InChI is InChI=1S/C46H50Cl2N8O8/c1-62-38-24-36(32(47)22-33(38)48)52-44-28(25-49)26-50-35-23-40(39(63-2)21-30(35)44)64-20-8-15-54-16-18-55(19-17-54)43(59)12-6-4-3-5-11-41(57)51-34-10-7-9-29-31(34)27-56(46(29)61)37-13-14-42(58)53-45(37)60/h7,9-10,21-24,26,37H,3-6,8,11-20,27H2,1-2H3,(H,50,52)(H,51,57)(H,53,58,60). The predicted molar refractivity (Wildman–Crippen MR) is 241 cm³/mol. The third-order valence-corrected chi connectivity index (χ3v) is 12.4. The predicted octanol–water partition coefficient (Wildman–Crippen LogP) is 6.83. The number of piperidine rings is 1. The maximum Gasteiger partial charge on any atom is 0.255 e. The van der Waals surface area contributed by atoms with Crippen LogP contribution in [-0.2, 0) is 25.7 Å². The molecule has 0 bridgehead atoms. The van der Waals surface area contributed by atoms with Crippen LogP contribution in [0.5, 0.6) is 17.2 Å². The number of piperazine rings is 1. The molecule has 4 aromatic rings. The molecule has 2 fully saturated rings. The van der Waals surface area contributed by atoms with Gasteiger partial charge < -0.3 is 34.6 Å². The first-order chi connectivity index (χ1) is 31.0. The number of carbonyl (C=O) groups excluding carboxylic acids is 5. The number of nitriles is 1. The van der Waals surface area contributed by atoms with Crippen molar-refractivity contribution in [1.29, 1.82) is 5.26 Å². The number of pyridine rings is 1. The molecule has 0 radical (unpaired) electrons. The number of anilines is 3. The lowest BCUT2D eigenvalue weighted by molar-refractivity contribution is -0.137. The number of fused-ring (bicyclic) bond motifs is 2. The molecule has 4 heterocycles. The summed E-state index contributed by atoms with van der Waals surface area (Å²) < 4.78 is 17.2. The minimum Gasteiger partial charge on any atom is -0.495 e. The molecule has 3 aliphatic heterocycles. The van der Waals surface area contributed by atoms with Gasteiger partial charge in [0.1, 0.15) is 17.9 Å². The number of halogens is 2. The second-order valence-corrected chi connectivity index (χ2v) is 16.7. The van der Waals surface area contributed by atoms with Crippen molar-refractivity contribution in [3.63, 3.8) is 0 Å². The van der Waals surface area contributed by atoms with E-state index in [0.717, 1.165) is 45.3 Å². The number of hydrogen-bond donors (Lipinski definition) is 3. The van der Waals surface area contributed by atoms with Crippen LogP contribution in [0, 0.1) is 11.3 Å². The smallest absolute Gasteiger partial charge is 0.255 e. The fourth-order valence-electron chi connectivity index (χ4n) is 8.29. The first kappa shape index (κ1) is 45.9. The fourth-order valence-corrected chi connectivity index (χ4v) is 8.80. The summed E-state index contributed by atoms with van der Waals surface area (Å²) in [5, 5.41) is 19.7. The largest absolute Gasteiger partial charge is 0.495 e. The molecule has 3 N–H and O–H groups in total. The Labute approximate surface area is 381 Å². The fraction of sp³-hybridized carbons (Fsp3) is 0.413. The maximum atomic E-state index is 13.1. The van der Waals surface area contributed by atoms with Crippen molar-refractivity contribution >= 4 is 80.7 Å². The number of hydrogen-bond acceptors (Lipinski definition) is 12. The van der Waals surface area contributed by atoms with Crippen LogP contribution >= 0.6 is 23.2 Å². The van der Waals surface area contributed by atoms with E-state index in [1.807, 2.05) is 4.90 Å². The number of amides is 5. The quantitative estimate of drug-likeness (QED) is 0.0697. The number of carbonyl (C=O) groups is 5. The number of unbranched alkanes of at least 4 members (excludes halogenated alkanes) is 3. The van der Waals surface area contributed by atoms with Crippen molar-refractivity contribution in [2.45, 2.75) is 70.4 Å². The second kappa shape index (κ2) is 21.0. The van der Waals surface area contributed by atoms with Crippen LogP contribution in [0.1, 0.15) is 79.3 Å². The zero-order chi connectivity index (χ0) is 45.3. The van der Waals surface area contributed by atoms with Gasteiger partial charge in [0.15, 0.2) is 11.5 Å². The van der Waals surface area contributed by atoms with E-state index in [1.54, 1.807) is 49.6 Å². The Kier molecular flexibility index (Phi) is 15.1. The minimum atomic E-state index is -0.722. The maximum absolute atomic E-state index is 13.1. The summed E-state index contributed by atoms with van der Waals surface area (Å²) in [6.07, 6.45) is 6.53. The highest BCUT2D eigenvalue weighted by Crippen LogP contribution is 2.41. The van der Waals surface area contributed by atoms with Gasteiger partial charge in [-0.05, 0) is 49.9 Å². The summed E-state index contributed by atoms with van der Waals surface area (Å²) in [6, 6.07) is 13.4. The van der Waals surface area contributed by atoms with Gasteiger partial charge in [-0.15, -0.1) is 0 Å². The Balaban J connectivity index is 0.793. The van der Waals surface area contributed by atoms with E-state index in [4.69, 9.17) is 37.4 Å². The minimum absolute atomic E-state index is 0.146. The molecule has 3 aromatic carbocycles. The third-order valence-electron chi connectivity index (χ3n) is 11.8. The summed E-state index contributed by atoms with van der Waals surface area (Å²) in [6.45, 7) is 4.31. The van der Waals surface area contributed by atoms with Crippen LogP contribution in [0.4, 0.5) is 17.1 Å². The molecule has 18 heteroatoms. The van der Waals surface area contributed by atoms with E-state index < -0.39 is 11.9 Å². The average Bonchev–Trinajstić information content (AvgIpc) is 3.63. The van der Waals surface area contributed by atoms with Gasteiger partial charge in [-0.2, -0.15) is 5.26 Å². The monoisotopic (exact) mass is 912 g/mol. The number of benzene rings is 3. The Morgan fingerprint density at radius 3 is 2.41 bits per heavy atom. The van der Waals surface area contributed by atoms with Gasteiger partial charge >= 0.3 is 0 Å². The first-order valence-electron chi connectivity index (χ1n) is 21.4. The Bertz CT molecular complexity index is 2490. The van der Waals surface area contributed by atoms with Crippen LogP contribution in [0.3, 0.4) is 0 Å². The number of nitrogens with one attached hydrogen (secondary N) is 3. The van der Waals surface area contributed by atoms with Crippen molar-refractivity contribution < 1.29 is 38.2 Å². The molecule has 336 valence electrons. The topological polar surface area (TPSA) is 196 Å². The number of ether oxygens (including phenoxy) is 3. The van der Waals surface area contributed by atoms with E-state index in [9.17, 15) is 29.2 Å². The number of methoxy groups -OCH3 is 2. The molecule has 5 amide bonds. The summed E-state index contributed by atoms with van der Waals surface area (Å²) in [5.74, 6) is 0.318. The molecule has 0 aliphatic carbocycles. The molecule has 1 aromatic heterocycles. The van der Waals surface area contributed by atoms with Crippen LogP contribution < -0.4 is 30.2 Å². The molecular formula is C46H50Cl2N8O8. The van der Waals surface area contributed by atoms with Crippen molar-refractivity contribution in [1.82, 2.24) is 25.0 Å². The summed E-state index contributed by atoms with van der Waals surface area (Å²) in [5.41, 5.74) is 3.57. The molecule has 1 atom stereocenters. The van der Waals surface area contributed by atoms with Gasteiger partial charge in [-0.25, -0.2) is 0 Å². The van der Waals surface area contributed by atoms with Gasteiger partial charge in [-0.1, -0.05) is 42.1 Å².